The van der Waals surface area contributed by atoms with E-state index in [2.05, 4.69) is 21.0 Å². The Hall–Kier alpha value is -0.720. The van der Waals surface area contributed by atoms with Crippen molar-refractivity contribution in [2.75, 3.05) is 7.11 Å². The van der Waals surface area contributed by atoms with Gasteiger partial charge in [-0.3, -0.25) is 4.79 Å². The van der Waals surface area contributed by atoms with Crippen LogP contribution in [0.25, 0.3) is 10.1 Å². The summed E-state index contributed by atoms with van der Waals surface area (Å²) in [5, 5.41) is 6.72. The molecule has 0 spiro atoms. The van der Waals surface area contributed by atoms with E-state index < -0.39 is 0 Å². The number of ether oxygens (including phenoxy) is 1. The molecule has 16 heavy (non-hydrogen) atoms. The van der Waals surface area contributed by atoms with Gasteiger partial charge in [0.15, 0.2) is 0 Å². The van der Waals surface area contributed by atoms with Gasteiger partial charge in [0.2, 0.25) is 0 Å². The van der Waals surface area contributed by atoms with Crippen molar-refractivity contribution in [1.29, 1.82) is 0 Å². The number of aromatic nitrogens is 2. The first-order chi connectivity index (χ1) is 7.63. The molecule has 2 aromatic rings. The lowest BCUT2D eigenvalue weighted by atomic mass is 10.3. The number of hydrogen-bond donors (Lipinski definition) is 0. The highest BCUT2D eigenvalue weighted by Crippen LogP contribution is 2.26. The van der Waals surface area contributed by atoms with Crippen molar-refractivity contribution in [3.8, 4) is 0 Å². The maximum absolute atomic E-state index is 12.1. The smallest absolute Gasteiger partial charge is 0.276 e. The number of thiophene rings is 1. The second-order valence-corrected chi connectivity index (χ2v) is 5.27. The molecular formula is C10H11BrN2O2S. The first kappa shape index (κ1) is 11.8. The normalized spacial score (nSPS) is 13.2. The van der Waals surface area contributed by atoms with Gasteiger partial charge in [0.1, 0.15) is 0 Å². The SMILES string of the molecule is COC(C)Cn1ncc2scc(Br)c2c1=O. The average Bonchev–Trinajstić information content (AvgIpc) is 2.65. The Labute approximate surface area is 105 Å². The van der Waals surface area contributed by atoms with Crippen molar-refractivity contribution >= 4 is 37.4 Å². The predicted molar refractivity (Wildman–Crippen MR) is 68.1 cm³/mol. The van der Waals surface area contributed by atoms with Crippen molar-refractivity contribution in [3.05, 3.63) is 26.4 Å². The minimum Gasteiger partial charge on any atom is -0.380 e. The molecule has 0 saturated carbocycles. The van der Waals surface area contributed by atoms with Crippen molar-refractivity contribution in [2.24, 2.45) is 0 Å². The summed E-state index contributed by atoms with van der Waals surface area (Å²) in [5.74, 6) is 0. The molecule has 0 aliphatic rings. The Morgan fingerprint density at radius 1 is 1.69 bits per heavy atom. The first-order valence-electron chi connectivity index (χ1n) is 4.79. The zero-order valence-corrected chi connectivity index (χ0v) is 11.3. The van der Waals surface area contributed by atoms with Crippen molar-refractivity contribution in [2.45, 2.75) is 19.6 Å². The molecule has 0 radical (unpaired) electrons. The Morgan fingerprint density at radius 2 is 2.44 bits per heavy atom. The Balaban J connectivity index is 2.52. The lowest BCUT2D eigenvalue weighted by molar-refractivity contribution is 0.0986. The minimum atomic E-state index is -0.0745. The molecular weight excluding hydrogens is 292 g/mol. The summed E-state index contributed by atoms with van der Waals surface area (Å²) >= 11 is 4.88. The maximum atomic E-state index is 12.1. The largest absolute Gasteiger partial charge is 0.380 e. The molecule has 1 unspecified atom stereocenters. The van der Waals surface area contributed by atoms with E-state index in [4.69, 9.17) is 4.74 Å². The van der Waals surface area contributed by atoms with Gasteiger partial charge in [0.05, 0.1) is 28.9 Å². The third kappa shape index (κ3) is 2.05. The fourth-order valence-corrected chi connectivity index (χ4v) is 2.97. The molecule has 2 heterocycles. The predicted octanol–water partition coefficient (Wildman–Crippen LogP) is 2.26. The molecule has 86 valence electrons. The van der Waals surface area contributed by atoms with Crippen LogP contribution >= 0.6 is 27.3 Å². The van der Waals surface area contributed by atoms with Gasteiger partial charge in [-0.05, 0) is 22.9 Å². The van der Waals surface area contributed by atoms with Crippen molar-refractivity contribution < 1.29 is 4.74 Å². The molecule has 2 rings (SSSR count). The standard InChI is InChI=1S/C10H11BrN2O2S/c1-6(15-2)4-13-10(14)9-7(11)5-16-8(9)3-12-13/h3,5-6H,4H2,1-2H3. The van der Waals surface area contributed by atoms with Crippen LogP contribution < -0.4 is 5.56 Å². The van der Waals surface area contributed by atoms with Gasteiger partial charge in [-0.1, -0.05) is 0 Å². The third-order valence-corrected chi connectivity index (χ3v) is 4.22. The molecule has 0 aliphatic heterocycles. The van der Waals surface area contributed by atoms with Crippen molar-refractivity contribution in [3.63, 3.8) is 0 Å². The van der Waals surface area contributed by atoms with Gasteiger partial charge in [-0.25, -0.2) is 4.68 Å². The van der Waals surface area contributed by atoms with E-state index in [0.717, 1.165) is 9.17 Å². The van der Waals surface area contributed by atoms with E-state index in [0.29, 0.717) is 11.9 Å². The van der Waals surface area contributed by atoms with Crippen molar-refractivity contribution in [1.82, 2.24) is 9.78 Å². The molecule has 6 heteroatoms. The summed E-state index contributed by atoms with van der Waals surface area (Å²) in [5.41, 5.74) is -0.0745. The number of fused-ring (bicyclic) bond motifs is 1. The summed E-state index contributed by atoms with van der Waals surface area (Å²) < 4.78 is 8.30. The molecule has 0 N–H and O–H groups in total. The highest BCUT2D eigenvalue weighted by atomic mass is 79.9. The molecule has 1 atom stereocenters. The van der Waals surface area contributed by atoms with Crippen LogP contribution in [0.5, 0.6) is 0 Å². The molecule has 4 nitrogen and oxygen atoms in total. The van der Waals surface area contributed by atoms with E-state index in [1.807, 2.05) is 12.3 Å². The Bertz CT molecular complexity index is 563. The summed E-state index contributed by atoms with van der Waals surface area (Å²) in [6, 6.07) is 0. The van der Waals surface area contributed by atoms with Crippen LogP contribution in [0.3, 0.4) is 0 Å². The molecule has 0 fully saturated rings. The van der Waals surface area contributed by atoms with Gasteiger partial charge in [0.25, 0.3) is 5.56 Å². The van der Waals surface area contributed by atoms with E-state index in [-0.39, 0.29) is 11.7 Å². The molecule has 0 aromatic carbocycles. The lowest BCUT2D eigenvalue weighted by Gasteiger charge is -2.10. The van der Waals surface area contributed by atoms with Crippen LogP contribution in [0, 0.1) is 0 Å². The topological polar surface area (TPSA) is 44.1 Å². The van der Waals surface area contributed by atoms with Crippen LogP contribution in [0.1, 0.15) is 6.92 Å². The zero-order chi connectivity index (χ0) is 11.7. The van der Waals surface area contributed by atoms with Gasteiger partial charge in [0, 0.05) is 17.0 Å². The number of methoxy groups -OCH3 is 1. The molecule has 0 amide bonds. The summed E-state index contributed by atoms with van der Waals surface area (Å²) in [7, 11) is 1.62. The van der Waals surface area contributed by atoms with E-state index >= 15 is 0 Å². The second-order valence-electron chi connectivity index (χ2n) is 3.50. The number of hydrogen-bond acceptors (Lipinski definition) is 4. The quantitative estimate of drug-likeness (QED) is 0.873. The van der Waals surface area contributed by atoms with Crippen LogP contribution in [0.2, 0.25) is 0 Å². The van der Waals surface area contributed by atoms with Gasteiger partial charge in [-0.15, -0.1) is 11.3 Å². The Morgan fingerprint density at radius 3 is 3.12 bits per heavy atom. The Kier molecular flexibility index (Phi) is 3.41. The molecule has 0 saturated heterocycles. The summed E-state index contributed by atoms with van der Waals surface area (Å²) in [4.78, 5) is 12.1. The zero-order valence-electron chi connectivity index (χ0n) is 8.94. The first-order valence-corrected chi connectivity index (χ1v) is 6.46. The summed E-state index contributed by atoms with van der Waals surface area (Å²) in [6.45, 7) is 2.37. The third-order valence-electron chi connectivity index (χ3n) is 2.37. The minimum absolute atomic E-state index is 0.0277. The highest BCUT2D eigenvalue weighted by molar-refractivity contribution is 9.10. The second kappa shape index (κ2) is 4.65. The van der Waals surface area contributed by atoms with Gasteiger partial charge < -0.3 is 4.74 Å². The van der Waals surface area contributed by atoms with E-state index in [1.165, 1.54) is 16.0 Å². The summed E-state index contributed by atoms with van der Waals surface area (Å²) in [6.07, 6.45) is 1.69. The molecule has 2 aromatic heterocycles. The van der Waals surface area contributed by atoms with Gasteiger partial charge >= 0.3 is 0 Å². The maximum Gasteiger partial charge on any atom is 0.276 e. The van der Waals surface area contributed by atoms with Crippen LogP contribution in [-0.2, 0) is 11.3 Å². The average molecular weight is 303 g/mol. The number of halogens is 1. The number of rotatable bonds is 3. The monoisotopic (exact) mass is 302 g/mol. The highest BCUT2D eigenvalue weighted by Gasteiger charge is 2.11. The van der Waals surface area contributed by atoms with E-state index in [1.54, 1.807) is 13.3 Å². The van der Waals surface area contributed by atoms with E-state index in [9.17, 15) is 4.79 Å². The van der Waals surface area contributed by atoms with Gasteiger partial charge in [-0.2, -0.15) is 5.10 Å². The fourth-order valence-electron chi connectivity index (χ4n) is 1.41. The number of nitrogens with zero attached hydrogens (tertiary/aromatic N) is 2. The van der Waals surface area contributed by atoms with Crippen LogP contribution in [-0.4, -0.2) is 23.0 Å². The molecule has 0 aliphatic carbocycles. The van der Waals surface area contributed by atoms with Crippen LogP contribution in [0.15, 0.2) is 20.8 Å². The fraction of sp³-hybridized carbons (Fsp3) is 0.400. The van der Waals surface area contributed by atoms with Crippen LogP contribution in [0.4, 0.5) is 0 Å². The molecule has 0 bridgehead atoms. The lowest BCUT2D eigenvalue weighted by Crippen LogP contribution is -2.28.